The molecular formula is C16H21N5O2. The standard InChI is InChI=1S/C16H21N5O2/c17-15-4-3-14(11-18-15)19-12-2-1-7-21(8-5-12)16(22)10-13-6-9-23-20-13/h3-4,6,9,11-12,19H,1-2,5,7-8,10H2,(H2,17,18)/t12-/m1/s1. The molecule has 0 bridgehead atoms. The van der Waals surface area contributed by atoms with Crippen LogP contribution in [0, 0.1) is 0 Å². The van der Waals surface area contributed by atoms with Crippen molar-refractivity contribution in [2.24, 2.45) is 0 Å². The number of carbonyl (C=O) groups is 1. The predicted octanol–water partition coefficient (Wildman–Crippen LogP) is 1.69. The lowest BCUT2D eigenvalue weighted by Gasteiger charge is -2.20. The molecule has 1 aliphatic rings. The smallest absolute Gasteiger partial charge is 0.228 e. The van der Waals surface area contributed by atoms with E-state index in [4.69, 9.17) is 10.3 Å². The molecule has 1 fully saturated rings. The summed E-state index contributed by atoms with van der Waals surface area (Å²) in [6.45, 7) is 1.53. The molecule has 2 aromatic heterocycles. The van der Waals surface area contributed by atoms with E-state index in [2.05, 4.69) is 15.5 Å². The van der Waals surface area contributed by atoms with E-state index in [-0.39, 0.29) is 5.91 Å². The Morgan fingerprint density at radius 3 is 3.00 bits per heavy atom. The largest absolute Gasteiger partial charge is 0.384 e. The minimum absolute atomic E-state index is 0.105. The van der Waals surface area contributed by atoms with Gasteiger partial charge in [-0.2, -0.15) is 0 Å². The van der Waals surface area contributed by atoms with Crippen molar-refractivity contribution < 1.29 is 9.32 Å². The van der Waals surface area contributed by atoms with Gasteiger partial charge in [-0.1, -0.05) is 5.16 Å². The topological polar surface area (TPSA) is 97.3 Å². The van der Waals surface area contributed by atoms with E-state index < -0.39 is 0 Å². The molecule has 1 aliphatic heterocycles. The Morgan fingerprint density at radius 1 is 1.35 bits per heavy atom. The summed E-state index contributed by atoms with van der Waals surface area (Å²) in [5, 5.41) is 7.27. The number of nitrogens with one attached hydrogen (secondary N) is 1. The summed E-state index contributed by atoms with van der Waals surface area (Å²) in [5.41, 5.74) is 7.24. The van der Waals surface area contributed by atoms with Crippen molar-refractivity contribution in [1.82, 2.24) is 15.0 Å². The van der Waals surface area contributed by atoms with Crippen LogP contribution in [0.3, 0.4) is 0 Å². The first-order valence-corrected chi connectivity index (χ1v) is 7.86. The van der Waals surface area contributed by atoms with Crippen molar-refractivity contribution >= 4 is 17.4 Å². The molecule has 3 N–H and O–H groups in total. The third-order valence-corrected chi connectivity index (χ3v) is 4.06. The van der Waals surface area contributed by atoms with Gasteiger partial charge in [-0.15, -0.1) is 0 Å². The van der Waals surface area contributed by atoms with E-state index in [0.29, 0.717) is 24.0 Å². The quantitative estimate of drug-likeness (QED) is 0.891. The van der Waals surface area contributed by atoms with E-state index in [1.165, 1.54) is 6.26 Å². The van der Waals surface area contributed by atoms with E-state index in [1.807, 2.05) is 11.0 Å². The fraction of sp³-hybridized carbons (Fsp3) is 0.438. The lowest BCUT2D eigenvalue weighted by atomic mass is 10.1. The summed E-state index contributed by atoms with van der Waals surface area (Å²) >= 11 is 0. The van der Waals surface area contributed by atoms with E-state index in [0.717, 1.165) is 38.0 Å². The summed E-state index contributed by atoms with van der Waals surface area (Å²) < 4.78 is 4.77. The highest BCUT2D eigenvalue weighted by Gasteiger charge is 2.21. The Kier molecular flexibility index (Phi) is 4.75. The Labute approximate surface area is 134 Å². The summed E-state index contributed by atoms with van der Waals surface area (Å²) in [5.74, 6) is 0.620. The number of rotatable bonds is 4. The lowest BCUT2D eigenvalue weighted by molar-refractivity contribution is -0.130. The van der Waals surface area contributed by atoms with Crippen LogP contribution in [0.5, 0.6) is 0 Å². The van der Waals surface area contributed by atoms with Gasteiger partial charge in [-0.05, 0) is 31.4 Å². The van der Waals surface area contributed by atoms with Gasteiger partial charge < -0.3 is 20.5 Å². The molecule has 0 aliphatic carbocycles. The Hall–Kier alpha value is -2.57. The number of hydrogen-bond donors (Lipinski definition) is 2. The maximum atomic E-state index is 12.3. The van der Waals surface area contributed by atoms with Crippen LogP contribution in [0.25, 0.3) is 0 Å². The van der Waals surface area contributed by atoms with Gasteiger partial charge in [0.25, 0.3) is 0 Å². The molecule has 0 unspecified atom stereocenters. The summed E-state index contributed by atoms with van der Waals surface area (Å²) in [6, 6.07) is 5.78. The second-order valence-corrected chi connectivity index (χ2v) is 5.79. The Balaban J connectivity index is 1.52. The second-order valence-electron chi connectivity index (χ2n) is 5.79. The number of nitrogens with two attached hydrogens (primary N) is 1. The van der Waals surface area contributed by atoms with Gasteiger partial charge in [-0.25, -0.2) is 4.98 Å². The van der Waals surface area contributed by atoms with E-state index in [1.54, 1.807) is 18.3 Å². The average Bonchev–Trinajstić information content (AvgIpc) is 2.94. The average molecular weight is 315 g/mol. The molecule has 1 saturated heterocycles. The number of aromatic nitrogens is 2. The highest BCUT2D eigenvalue weighted by Crippen LogP contribution is 2.17. The number of anilines is 2. The molecule has 0 spiro atoms. The number of pyridine rings is 1. The molecule has 0 saturated carbocycles. The van der Waals surface area contributed by atoms with Crippen LogP contribution in [0.1, 0.15) is 25.0 Å². The van der Waals surface area contributed by atoms with Gasteiger partial charge in [0.15, 0.2) is 0 Å². The minimum Gasteiger partial charge on any atom is -0.384 e. The Bertz CT molecular complexity index is 626. The number of nitrogens with zero attached hydrogens (tertiary/aromatic N) is 3. The molecule has 23 heavy (non-hydrogen) atoms. The zero-order chi connectivity index (χ0) is 16.1. The number of hydrogen-bond acceptors (Lipinski definition) is 6. The van der Waals surface area contributed by atoms with Crippen LogP contribution < -0.4 is 11.1 Å². The minimum atomic E-state index is 0.105. The molecule has 0 aromatic carbocycles. The first kappa shape index (κ1) is 15.3. The summed E-state index contributed by atoms with van der Waals surface area (Å²) in [7, 11) is 0. The van der Waals surface area contributed by atoms with Crippen molar-refractivity contribution in [3.63, 3.8) is 0 Å². The van der Waals surface area contributed by atoms with Crippen molar-refractivity contribution in [2.75, 3.05) is 24.1 Å². The normalized spacial score (nSPS) is 18.4. The fourth-order valence-corrected chi connectivity index (χ4v) is 2.81. The van der Waals surface area contributed by atoms with Crippen LogP contribution in [0.15, 0.2) is 35.2 Å². The third kappa shape index (κ3) is 4.21. The first-order valence-electron chi connectivity index (χ1n) is 7.86. The number of amides is 1. The van der Waals surface area contributed by atoms with Gasteiger partial charge in [-0.3, -0.25) is 4.79 Å². The highest BCUT2D eigenvalue weighted by molar-refractivity contribution is 5.78. The van der Waals surface area contributed by atoms with E-state index in [9.17, 15) is 4.79 Å². The molecule has 3 rings (SSSR count). The third-order valence-electron chi connectivity index (χ3n) is 4.06. The van der Waals surface area contributed by atoms with Crippen molar-refractivity contribution in [2.45, 2.75) is 31.7 Å². The van der Waals surface area contributed by atoms with E-state index >= 15 is 0 Å². The molecule has 7 nitrogen and oxygen atoms in total. The molecule has 1 amide bonds. The van der Waals surface area contributed by atoms with Crippen LogP contribution in [0.4, 0.5) is 11.5 Å². The lowest BCUT2D eigenvalue weighted by Crippen LogP contribution is -2.33. The molecule has 0 radical (unpaired) electrons. The zero-order valence-electron chi connectivity index (χ0n) is 12.9. The second kappa shape index (κ2) is 7.13. The van der Waals surface area contributed by atoms with Gasteiger partial charge in [0, 0.05) is 25.2 Å². The van der Waals surface area contributed by atoms with Crippen molar-refractivity contribution in [3.05, 3.63) is 36.4 Å². The molecule has 3 heterocycles. The fourth-order valence-electron chi connectivity index (χ4n) is 2.81. The van der Waals surface area contributed by atoms with Gasteiger partial charge in [0.05, 0.1) is 24.0 Å². The maximum absolute atomic E-state index is 12.3. The number of likely N-dealkylation sites (tertiary alicyclic amines) is 1. The Morgan fingerprint density at radius 2 is 2.26 bits per heavy atom. The van der Waals surface area contributed by atoms with Crippen LogP contribution >= 0.6 is 0 Å². The number of nitrogen functional groups attached to an aromatic ring is 1. The molecule has 2 aromatic rings. The molecule has 122 valence electrons. The molecule has 1 atom stereocenters. The first-order chi connectivity index (χ1) is 11.2. The van der Waals surface area contributed by atoms with Crippen LogP contribution in [0.2, 0.25) is 0 Å². The van der Waals surface area contributed by atoms with Gasteiger partial charge >= 0.3 is 0 Å². The maximum Gasteiger partial charge on any atom is 0.228 e. The number of carbonyl (C=O) groups excluding carboxylic acids is 1. The van der Waals surface area contributed by atoms with Gasteiger partial charge in [0.1, 0.15) is 12.1 Å². The van der Waals surface area contributed by atoms with Gasteiger partial charge in [0.2, 0.25) is 5.91 Å². The molecule has 7 heteroatoms. The predicted molar refractivity (Wildman–Crippen MR) is 86.7 cm³/mol. The molecular weight excluding hydrogens is 294 g/mol. The SMILES string of the molecule is Nc1ccc(N[C@@H]2CCCN(C(=O)Cc3ccon3)CC2)cn1. The van der Waals surface area contributed by atoms with Crippen molar-refractivity contribution in [3.8, 4) is 0 Å². The summed E-state index contributed by atoms with van der Waals surface area (Å²) in [4.78, 5) is 18.3. The van der Waals surface area contributed by atoms with Crippen LogP contribution in [-0.2, 0) is 11.2 Å². The monoisotopic (exact) mass is 315 g/mol. The zero-order valence-corrected chi connectivity index (χ0v) is 12.9. The summed E-state index contributed by atoms with van der Waals surface area (Å²) in [6.07, 6.45) is 6.45. The highest BCUT2D eigenvalue weighted by atomic mass is 16.5. The van der Waals surface area contributed by atoms with Crippen LogP contribution in [-0.4, -0.2) is 40.1 Å². The van der Waals surface area contributed by atoms with Crippen molar-refractivity contribution in [1.29, 1.82) is 0 Å².